The second-order valence-corrected chi connectivity index (χ2v) is 8.26. The fourth-order valence-corrected chi connectivity index (χ4v) is 4.76. The second-order valence-electron chi connectivity index (χ2n) is 8.26. The highest BCUT2D eigenvalue weighted by atomic mass is 16.5. The molecule has 1 aromatic rings. The first-order valence-corrected chi connectivity index (χ1v) is 10.8. The van der Waals surface area contributed by atoms with Crippen LogP contribution in [0.1, 0.15) is 43.6 Å². The summed E-state index contributed by atoms with van der Waals surface area (Å²) in [6, 6.07) is 5.58. The molecule has 158 valence electrons. The number of hydrogen-bond donors (Lipinski definition) is 1. The molecule has 2 saturated heterocycles. The van der Waals surface area contributed by atoms with Gasteiger partial charge in [0.2, 0.25) is 0 Å². The first kappa shape index (κ1) is 20.0. The van der Waals surface area contributed by atoms with E-state index in [9.17, 15) is 9.59 Å². The summed E-state index contributed by atoms with van der Waals surface area (Å²) < 4.78 is 10.8. The number of likely N-dealkylation sites (tertiary alicyclic amines) is 2. The van der Waals surface area contributed by atoms with E-state index in [1.54, 1.807) is 18.1 Å². The third-order valence-corrected chi connectivity index (χ3v) is 6.41. The van der Waals surface area contributed by atoms with Crippen LogP contribution in [0, 0.1) is 5.92 Å². The number of fused-ring (bicyclic) bond motifs is 3. The van der Waals surface area contributed by atoms with Crippen LogP contribution in [-0.4, -0.2) is 68.2 Å². The van der Waals surface area contributed by atoms with Crippen molar-refractivity contribution in [2.45, 2.75) is 38.0 Å². The molecule has 2 unspecified atom stereocenters. The van der Waals surface area contributed by atoms with Gasteiger partial charge < -0.3 is 24.6 Å². The molecule has 4 rings (SSSR count). The van der Waals surface area contributed by atoms with Gasteiger partial charge >= 0.3 is 12.0 Å². The SMILES string of the molecule is COc1ccc2c(c1)OC(=O)C1CN(C(=O)NCCCN3CCCCC3)CCC21. The van der Waals surface area contributed by atoms with Crippen LogP contribution in [-0.2, 0) is 4.79 Å². The van der Waals surface area contributed by atoms with E-state index >= 15 is 0 Å². The Labute approximate surface area is 172 Å². The zero-order valence-electron chi connectivity index (χ0n) is 17.2. The number of nitrogens with zero attached hydrogens (tertiary/aromatic N) is 2. The van der Waals surface area contributed by atoms with Crippen LogP contribution in [0.4, 0.5) is 4.79 Å². The van der Waals surface area contributed by atoms with Gasteiger partial charge in [-0.15, -0.1) is 0 Å². The van der Waals surface area contributed by atoms with Gasteiger partial charge in [0.25, 0.3) is 0 Å². The Kier molecular flexibility index (Phi) is 6.23. The second kappa shape index (κ2) is 9.03. The van der Waals surface area contributed by atoms with Gasteiger partial charge in [-0.05, 0) is 56.9 Å². The van der Waals surface area contributed by atoms with Crippen molar-refractivity contribution in [2.24, 2.45) is 5.92 Å². The highest BCUT2D eigenvalue weighted by Gasteiger charge is 2.42. The lowest BCUT2D eigenvalue weighted by Gasteiger charge is -2.40. The fraction of sp³-hybridized carbons (Fsp3) is 0.636. The summed E-state index contributed by atoms with van der Waals surface area (Å²) in [5.41, 5.74) is 1.04. The predicted molar refractivity (Wildman–Crippen MR) is 109 cm³/mol. The summed E-state index contributed by atoms with van der Waals surface area (Å²) in [6.07, 6.45) is 5.64. The molecule has 3 aliphatic rings. The molecule has 7 heteroatoms. The van der Waals surface area contributed by atoms with Crippen LogP contribution in [0.5, 0.6) is 11.5 Å². The highest BCUT2D eigenvalue weighted by Crippen LogP contribution is 2.43. The number of carbonyl (C=O) groups is 2. The van der Waals surface area contributed by atoms with Crippen LogP contribution in [0.25, 0.3) is 0 Å². The molecule has 0 spiro atoms. The van der Waals surface area contributed by atoms with Crippen LogP contribution in [0.2, 0.25) is 0 Å². The van der Waals surface area contributed by atoms with Gasteiger partial charge in [0.05, 0.1) is 13.0 Å². The summed E-state index contributed by atoms with van der Waals surface area (Å²) in [6.45, 7) is 5.13. The Hall–Kier alpha value is -2.28. The van der Waals surface area contributed by atoms with Crippen molar-refractivity contribution in [1.82, 2.24) is 15.1 Å². The molecule has 0 aliphatic carbocycles. The maximum absolute atomic E-state index is 12.6. The number of amides is 2. The zero-order chi connectivity index (χ0) is 20.2. The maximum atomic E-state index is 12.6. The largest absolute Gasteiger partial charge is 0.497 e. The van der Waals surface area contributed by atoms with Gasteiger partial charge in [-0.25, -0.2) is 4.79 Å². The number of rotatable bonds is 5. The van der Waals surface area contributed by atoms with Gasteiger partial charge in [-0.3, -0.25) is 4.79 Å². The van der Waals surface area contributed by atoms with Crippen molar-refractivity contribution >= 4 is 12.0 Å². The molecule has 1 aromatic carbocycles. The summed E-state index contributed by atoms with van der Waals surface area (Å²) in [7, 11) is 1.60. The molecule has 0 saturated carbocycles. The summed E-state index contributed by atoms with van der Waals surface area (Å²) >= 11 is 0. The van der Waals surface area contributed by atoms with Crippen LogP contribution >= 0.6 is 0 Å². The molecule has 3 aliphatic heterocycles. The van der Waals surface area contributed by atoms with Crippen molar-refractivity contribution in [3.05, 3.63) is 23.8 Å². The molecular weight excluding hydrogens is 370 g/mol. The van der Waals surface area contributed by atoms with Gasteiger partial charge in [0.1, 0.15) is 11.5 Å². The summed E-state index contributed by atoms with van der Waals surface area (Å²) in [5, 5.41) is 3.03. The molecule has 2 amide bonds. The number of nitrogens with one attached hydrogen (secondary N) is 1. The van der Waals surface area contributed by atoms with Crippen molar-refractivity contribution in [3.63, 3.8) is 0 Å². The van der Waals surface area contributed by atoms with Crippen LogP contribution < -0.4 is 14.8 Å². The Morgan fingerprint density at radius 3 is 2.83 bits per heavy atom. The molecule has 7 nitrogen and oxygen atoms in total. The lowest BCUT2D eigenvalue weighted by molar-refractivity contribution is -0.142. The molecular formula is C22H31N3O4. The minimum absolute atomic E-state index is 0.0737. The zero-order valence-corrected chi connectivity index (χ0v) is 17.2. The predicted octanol–water partition coefficient (Wildman–Crippen LogP) is 2.61. The molecule has 29 heavy (non-hydrogen) atoms. The molecule has 1 N–H and O–H groups in total. The van der Waals surface area contributed by atoms with Crippen molar-refractivity contribution in [1.29, 1.82) is 0 Å². The third kappa shape index (κ3) is 4.50. The van der Waals surface area contributed by atoms with Gasteiger partial charge in [-0.2, -0.15) is 0 Å². The number of benzene rings is 1. The molecule has 2 fully saturated rings. The van der Waals surface area contributed by atoms with Crippen molar-refractivity contribution in [3.8, 4) is 11.5 Å². The lowest BCUT2D eigenvalue weighted by Crippen LogP contribution is -2.51. The smallest absolute Gasteiger partial charge is 0.317 e. The van der Waals surface area contributed by atoms with E-state index in [0.717, 1.165) is 24.9 Å². The number of ether oxygens (including phenoxy) is 2. The minimum Gasteiger partial charge on any atom is -0.497 e. The van der Waals surface area contributed by atoms with E-state index in [-0.39, 0.29) is 23.8 Å². The van der Waals surface area contributed by atoms with Gasteiger partial charge in [0, 0.05) is 31.6 Å². The number of methoxy groups -OCH3 is 1. The Balaban J connectivity index is 1.29. The van der Waals surface area contributed by atoms with Gasteiger partial charge in [0.15, 0.2) is 0 Å². The van der Waals surface area contributed by atoms with E-state index in [0.29, 0.717) is 31.1 Å². The highest BCUT2D eigenvalue weighted by molar-refractivity contribution is 5.82. The normalized spacial score (nSPS) is 24.3. The summed E-state index contributed by atoms with van der Waals surface area (Å²) in [5.74, 6) is 0.810. The fourth-order valence-electron chi connectivity index (χ4n) is 4.76. The van der Waals surface area contributed by atoms with E-state index in [1.165, 1.54) is 32.4 Å². The van der Waals surface area contributed by atoms with E-state index < -0.39 is 0 Å². The van der Waals surface area contributed by atoms with E-state index in [2.05, 4.69) is 10.2 Å². The van der Waals surface area contributed by atoms with Crippen molar-refractivity contribution in [2.75, 3.05) is 46.4 Å². The lowest BCUT2D eigenvalue weighted by atomic mass is 9.78. The Morgan fingerprint density at radius 1 is 1.21 bits per heavy atom. The van der Waals surface area contributed by atoms with Crippen LogP contribution in [0.15, 0.2) is 18.2 Å². The summed E-state index contributed by atoms with van der Waals surface area (Å²) in [4.78, 5) is 29.4. The number of piperidine rings is 2. The molecule has 0 aromatic heterocycles. The number of urea groups is 1. The quantitative estimate of drug-likeness (QED) is 0.467. The molecule has 0 radical (unpaired) electrons. The van der Waals surface area contributed by atoms with Crippen LogP contribution in [0.3, 0.4) is 0 Å². The topological polar surface area (TPSA) is 71.1 Å². The molecule has 3 heterocycles. The number of esters is 1. The van der Waals surface area contributed by atoms with Gasteiger partial charge in [-0.1, -0.05) is 12.5 Å². The first-order valence-electron chi connectivity index (χ1n) is 10.8. The Morgan fingerprint density at radius 2 is 2.03 bits per heavy atom. The van der Waals surface area contributed by atoms with Crippen molar-refractivity contribution < 1.29 is 19.1 Å². The monoisotopic (exact) mass is 401 g/mol. The van der Waals surface area contributed by atoms with E-state index in [1.807, 2.05) is 12.1 Å². The minimum atomic E-state index is -0.302. The molecule has 0 bridgehead atoms. The first-order chi connectivity index (χ1) is 14.2. The molecule has 2 atom stereocenters. The average Bonchev–Trinajstić information content (AvgIpc) is 2.76. The number of carbonyl (C=O) groups excluding carboxylic acids is 2. The number of hydrogen-bond acceptors (Lipinski definition) is 5. The third-order valence-electron chi connectivity index (χ3n) is 6.41. The Bertz CT molecular complexity index is 748. The average molecular weight is 402 g/mol. The van der Waals surface area contributed by atoms with E-state index in [4.69, 9.17) is 9.47 Å². The standard InChI is InChI=1S/C22H31N3O4/c1-28-16-6-7-18-17-8-13-25(15-19(17)21(26)29-20(18)14-16)22(27)23-9-5-12-24-10-3-2-4-11-24/h6-7,14,17,19H,2-5,8-13,15H2,1H3,(H,23,27). The maximum Gasteiger partial charge on any atom is 0.317 e.